The van der Waals surface area contributed by atoms with Gasteiger partial charge in [-0.05, 0) is 25.7 Å². The van der Waals surface area contributed by atoms with Gasteiger partial charge in [0.2, 0.25) is 0 Å². The summed E-state index contributed by atoms with van der Waals surface area (Å²) in [5.41, 5.74) is 6.09. The lowest BCUT2D eigenvalue weighted by molar-refractivity contribution is 0.0368. The van der Waals surface area contributed by atoms with Crippen molar-refractivity contribution in [3.8, 4) is 0 Å². The SMILES string of the molecule is NCC1(NC2CCCC2)CCOCC1. The average molecular weight is 198 g/mol. The highest BCUT2D eigenvalue weighted by molar-refractivity contribution is 4.94. The zero-order chi connectivity index (χ0) is 9.86. The summed E-state index contributed by atoms with van der Waals surface area (Å²) in [6.07, 6.45) is 7.61. The van der Waals surface area contributed by atoms with Crippen LogP contribution in [0.2, 0.25) is 0 Å². The molecule has 0 bridgehead atoms. The number of ether oxygens (including phenoxy) is 1. The van der Waals surface area contributed by atoms with Crippen molar-refractivity contribution >= 4 is 0 Å². The molecule has 0 atom stereocenters. The Morgan fingerprint density at radius 3 is 2.43 bits per heavy atom. The standard InChI is InChI=1S/C11H22N2O/c12-9-11(5-7-14-8-6-11)13-10-3-1-2-4-10/h10,13H,1-9,12H2. The van der Waals surface area contributed by atoms with Crippen LogP contribution in [0.3, 0.4) is 0 Å². The molecule has 2 aliphatic rings. The maximum atomic E-state index is 5.90. The molecule has 0 aromatic heterocycles. The molecule has 1 heterocycles. The Labute approximate surface area is 86.4 Å². The van der Waals surface area contributed by atoms with Gasteiger partial charge in [0.1, 0.15) is 0 Å². The average Bonchev–Trinajstić information content (AvgIpc) is 2.72. The van der Waals surface area contributed by atoms with E-state index in [1.807, 2.05) is 0 Å². The normalized spacial score (nSPS) is 28.1. The Morgan fingerprint density at radius 1 is 1.21 bits per heavy atom. The molecule has 0 amide bonds. The zero-order valence-electron chi connectivity index (χ0n) is 8.93. The summed E-state index contributed by atoms with van der Waals surface area (Å²) in [7, 11) is 0. The van der Waals surface area contributed by atoms with Crippen LogP contribution in [0.5, 0.6) is 0 Å². The van der Waals surface area contributed by atoms with Crippen molar-refractivity contribution in [1.29, 1.82) is 0 Å². The van der Waals surface area contributed by atoms with E-state index < -0.39 is 0 Å². The van der Waals surface area contributed by atoms with Crippen LogP contribution in [0.4, 0.5) is 0 Å². The quantitative estimate of drug-likeness (QED) is 0.712. The first-order valence-corrected chi connectivity index (χ1v) is 5.90. The highest BCUT2D eigenvalue weighted by Crippen LogP contribution is 2.25. The Bertz CT molecular complexity index is 172. The lowest BCUT2D eigenvalue weighted by Crippen LogP contribution is -2.57. The van der Waals surface area contributed by atoms with Crippen molar-refractivity contribution in [3.05, 3.63) is 0 Å². The van der Waals surface area contributed by atoms with E-state index in [4.69, 9.17) is 10.5 Å². The van der Waals surface area contributed by atoms with E-state index in [0.717, 1.165) is 38.6 Å². The van der Waals surface area contributed by atoms with Crippen LogP contribution in [-0.2, 0) is 4.74 Å². The summed E-state index contributed by atoms with van der Waals surface area (Å²) in [6, 6.07) is 0.719. The molecule has 0 spiro atoms. The number of nitrogens with two attached hydrogens (primary N) is 1. The molecule has 2 fully saturated rings. The molecule has 0 radical (unpaired) electrons. The molecule has 0 aromatic carbocycles. The number of hydrogen-bond acceptors (Lipinski definition) is 3. The molecule has 0 unspecified atom stereocenters. The summed E-state index contributed by atoms with van der Waals surface area (Å²) in [4.78, 5) is 0. The molecule has 14 heavy (non-hydrogen) atoms. The predicted molar refractivity (Wildman–Crippen MR) is 57.2 cm³/mol. The first kappa shape index (κ1) is 10.4. The Hall–Kier alpha value is -0.120. The van der Waals surface area contributed by atoms with Crippen LogP contribution in [0.1, 0.15) is 38.5 Å². The number of hydrogen-bond donors (Lipinski definition) is 2. The third-order valence-electron chi connectivity index (χ3n) is 3.71. The van der Waals surface area contributed by atoms with Gasteiger partial charge >= 0.3 is 0 Å². The third-order valence-corrected chi connectivity index (χ3v) is 3.71. The highest BCUT2D eigenvalue weighted by atomic mass is 16.5. The molecule has 1 saturated carbocycles. The van der Waals surface area contributed by atoms with Crippen LogP contribution in [0.15, 0.2) is 0 Å². The van der Waals surface area contributed by atoms with Crippen LogP contribution < -0.4 is 11.1 Å². The fraction of sp³-hybridized carbons (Fsp3) is 1.00. The monoisotopic (exact) mass is 198 g/mol. The molecular formula is C11H22N2O. The minimum atomic E-state index is 0.188. The van der Waals surface area contributed by atoms with Crippen molar-refractivity contribution in [2.24, 2.45) is 5.73 Å². The summed E-state index contributed by atoms with van der Waals surface area (Å²) in [6.45, 7) is 2.50. The molecular weight excluding hydrogens is 176 g/mol. The predicted octanol–water partition coefficient (Wildman–Crippen LogP) is 1.03. The lowest BCUT2D eigenvalue weighted by Gasteiger charge is -2.39. The minimum Gasteiger partial charge on any atom is -0.381 e. The highest BCUT2D eigenvalue weighted by Gasteiger charge is 2.33. The van der Waals surface area contributed by atoms with Gasteiger partial charge in [0.05, 0.1) is 0 Å². The molecule has 3 heteroatoms. The van der Waals surface area contributed by atoms with Crippen molar-refractivity contribution in [1.82, 2.24) is 5.32 Å². The first-order valence-electron chi connectivity index (χ1n) is 5.90. The van der Waals surface area contributed by atoms with E-state index in [2.05, 4.69) is 5.32 Å². The second-order valence-corrected chi connectivity index (χ2v) is 4.72. The van der Waals surface area contributed by atoms with Crippen LogP contribution in [-0.4, -0.2) is 31.3 Å². The van der Waals surface area contributed by atoms with E-state index in [0.29, 0.717) is 0 Å². The molecule has 2 rings (SSSR count). The molecule has 3 nitrogen and oxygen atoms in total. The second kappa shape index (κ2) is 4.60. The maximum absolute atomic E-state index is 5.90. The fourth-order valence-corrected chi connectivity index (χ4v) is 2.67. The van der Waals surface area contributed by atoms with E-state index in [-0.39, 0.29) is 5.54 Å². The van der Waals surface area contributed by atoms with Gasteiger partial charge in [-0.15, -0.1) is 0 Å². The number of rotatable bonds is 3. The summed E-state index contributed by atoms with van der Waals surface area (Å²) in [5.74, 6) is 0. The van der Waals surface area contributed by atoms with E-state index in [1.165, 1.54) is 25.7 Å². The van der Waals surface area contributed by atoms with Gasteiger partial charge in [-0.3, -0.25) is 0 Å². The van der Waals surface area contributed by atoms with Gasteiger partial charge < -0.3 is 15.8 Å². The minimum absolute atomic E-state index is 0.188. The van der Waals surface area contributed by atoms with Gasteiger partial charge in [-0.2, -0.15) is 0 Å². The van der Waals surface area contributed by atoms with Gasteiger partial charge in [0.15, 0.2) is 0 Å². The molecule has 82 valence electrons. The van der Waals surface area contributed by atoms with E-state index in [9.17, 15) is 0 Å². The molecule has 1 aliphatic heterocycles. The summed E-state index contributed by atoms with van der Waals surface area (Å²) >= 11 is 0. The van der Waals surface area contributed by atoms with Crippen molar-refractivity contribution in [2.45, 2.75) is 50.1 Å². The Kier molecular flexibility index (Phi) is 3.42. The van der Waals surface area contributed by atoms with Gasteiger partial charge in [-0.1, -0.05) is 12.8 Å². The second-order valence-electron chi connectivity index (χ2n) is 4.72. The van der Waals surface area contributed by atoms with Crippen molar-refractivity contribution in [3.63, 3.8) is 0 Å². The summed E-state index contributed by atoms with van der Waals surface area (Å²) < 4.78 is 5.40. The first-order chi connectivity index (χ1) is 6.85. The molecule has 3 N–H and O–H groups in total. The van der Waals surface area contributed by atoms with Crippen LogP contribution in [0.25, 0.3) is 0 Å². The lowest BCUT2D eigenvalue weighted by atomic mass is 9.89. The third kappa shape index (κ3) is 2.27. The van der Waals surface area contributed by atoms with Crippen LogP contribution in [0, 0.1) is 0 Å². The number of nitrogens with one attached hydrogen (secondary N) is 1. The van der Waals surface area contributed by atoms with Crippen molar-refractivity contribution in [2.75, 3.05) is 19.8 Å². The molecule has 0 aromatic rings. The zero-order valence-corrected chi connectivity index (χ0v) is 8.93. The van der Waals surface area contributed by atoms with Gasteiger partial charge in [0.25, 0.3) is 0 Å². The van der Waals surface area contributed by atoms with E-state index >= 15 is 0 Å². The van der Waals surface area contributed by atoms with Crippen LogP contribution >= 0.6 is 0 Å². The van der Waals surface area contributed by atoms with Gasteiger partial charge in [0, 0.05) is 31.3 Å². The van der Waals surface area contributed by atoms with Gasteiger partial charge in [-0.25, -0.2) is 0 Å². The largest absolute Gasteiger partial charge is 0.381 e. The Morgan fingerprint density at radius 2 is 1.86 bits per heavy atom. The maximum Gasteiger partial charge on any atom is 0.0484 e. The fourth-order valence-electron chi connectivity index (χ4n) is 2.67. The van der Waals surface area contributed by atoms with E-state index in [1.54, 1.807) is 0 Å². The summed E-state index contributed by atoms with van der Waals surface area (Å²) in [5, 5.41) is 3.78. The Balaban J connectivity index is 1.89. The van der Waals surface area contributed by atoms with Crippen molar-refractivity contribution < 1.29 is 4.74 Å². The smallest absolute Gasteiger partial charge is 0.0484 e. The topological polar surface area (TPSA) is 47.3 Å². The molecule has 1 saturated heterocycles. The molecule has 1 aliphatic carbocycles.